The van der Waals surface area contributed by atoms with Crippen molar-refractivity contribution in [2.75, 3.05) is 26.4 Å². The van der Waals surface area contributed by atoms with E-state index in [0.29, 0.717) is 0 Å². The minimum absolute atomic E-state index is 0. The molecule has 1 aromatic carbocycles. The van der Waals surface area contributed by atoms with Crippen LogP contribution in [-0.2, 0) is 9.47 Å². The van der Waals surface area contributed by atoms with E-state index < -0.39 is 0 Å². The van der Waals surface area contributed by atoms with E-state index in [1.807, 2.05) is 70.2 Å². The second-order valence-electron chi connectivity index (χ2n) is 7.75. The molecule has 4 heterocycles. The van der Waals surface area contributed by atoms with Crippen molar-refractivity contribution in [2.24, 2.45) is 0 Å². The Morgan fingerprint density at radius 1 is 0.500 bits per heavy atom. The number of nitrogens with zero attached hydrogens (tertiary/aromatic N) is 2. The van der Waals surface area contributed by atoms with Crippen molar-refractivity contribution in [3.8, 4) is 0 Å². The average Bonchev–Trinajstić information content (AvgIpc) is 3.56. The van der Waals surface area contributed by atoms with Gasteiger partial charge in [-0.25, -0.2) is 0 Å². The van der Waals surface area contributed by atoms with E-state index in [1.54, 1.807) is 0 Å². The first kappa shape index (κ1) is 47.7. The molecule has 0 spiro atoms. The smallest absolute Gasteiger partial charge is 1.00 e. The van der Waals surface area contributed by atoms with E-state index in [1.165, 1.54) is 31.2 Å². The van der Waals surface area contributed by atoms with Gasteiger partial charge >= 0.3 is 84.6 Å². The van der Waals surface area contributed by atoms with E-state index >= 15 is 0 Å². The maximum atomic E-state index is 4.94. The van der Waals surface area contributed by atoms with Crippen LogP contribution in [0.1, 0.15) is 54.0 Å². The molecule has 0 atom stereocenters. The Kier molecular flexibility index (Phi) is 43.8. The largest absolute Gasteiger partial charge is 2.00 e. The van der Waals surface area contributed by atoms with Gasteiger partial charge in [-0.2, -0.15) is 22.8 Å². The summed E-state index contributed by atoms with van der Waals surface area (Å²) >= 11 is 0. The molecule has 36 heavy (non-hydrogen) atoms. The number of halogens is 2. The molecule has 0 unspecified atom stereocenters. The third kappa shape index (κ3) is 30.4. The van der Waals surface area contributed by atoms with Crippen LogP contribution in [0.15, 0.2) is 54.6 Å². The summed E-state index contributed by atoms with van der Waals surface area (Å²) in [6.07, 6.45) is 5.11. The molecule has 4 nitrogen and oxygen atoms in total. The number of aryl methyl sites for hydroxylation is 5. The maximum absolute atomic E-state index is 4.94. The molecular weight excluding hydrogens is 825 g/mol. The van der Waals surface area contributed by atoms with Crippen LogP contribution in [0.25, 0.3) is 0 Å². The molecule has 5 rings (SSSR count). The van der Waals surface area contributed by atoms with Crippen LogP contribution in [-0.4, -0.2) is 26.4 Å². The molecule has 0 bridgehead atoms. The predicted octanol–water partition coefficient (Wildman–Crippen LogP) is -5.87. The number of ether oxygens (including phenoxy) is 2. The zero-order chi connectivity index (χ0) is 22.7. The number of hydrogen-bond acceptors (Lipinski definition) is 2. The van der Waals surface area contributed by atoms with Crippen LogP contribution in [0.2, 0.25) is 0 Å². The molecule has 0 amide bonds. The van der Waals surface area contributed by atoms with Crippen molar-refractivity contribution < 1.29 is 142 Å². The van der Waals surface area contributed by atoms with Gasteiger partial charge < -0.3 is 67.4 Å². The van der Waals surface area contributed by atoms with Gasteiger partial charge in [-0.3, -0.25) is 0 Å². The summed E-state index contributed by atoms with van der Waals surface area (Å²) in [5, 5.41) is 0. The van der Waals surface area contributed by atoms with Gasteiger partial charge in [-0.05, 0) is 32.6 Å². The van der Waals surface area contributed by atoms with Crippen LogP contribution in [0, 0.1) is 81.5 Å². The van der Waals surface area contributed by atoms with Crippen molar-refractivity contribution in [2.45, 2.75) is 60.3 Å². The standard InChI is InChI=1S/C7H8.2C6H8N.2C4H8O.2HI.2Li.Yb/c1-7-5-3-2-4-6-7;2*1-5-3-4-6(2)7-5;2*1-2-4-5-3-1;;;;;/h2-6H,1H3;2*3-4H,1-2H3;2*1-4H2;2*1H;;;/q;2*-1;;;;;2*+1;+2/p-2. The summed E-state index contributed by atoms with van der Waals surface area (Å²) in [6.45, 7) is 14.1. The van der Waals surface area contributed by atoms with Crippen LogP contribution in [0.5, 0.6) is 0 Å². The normalized spacial score (nSPS) is 12.0. The first-order chi connectivity index (χ1) is 15.0. The van der Waals surface area contributed by atoms with Crippen LogP contribution in [0.4, 0.5) is 0 Å². The van der Waals surface area contributed by atoms with Crippen molar-refractivity contribution in [1.82, 2.24) is 9.97 Å². The number of hydrogen-bond donors (Lipinski definition) is 0. The molecule has 200 valence electrons. The van der Waals surface area contributed by atoms with Gasteiger partial charge in [-0.1, -0.05) is 87.9 Å². The Morgan fingerprint density at radius 2 is 0.778 bits per heavy atom. The van der Waals surface area contributed by atoms with Crippen LogP contribution >= 0.6 is 0 Å². The summed E-state index contributed by atoms with van der Waals surface area (Å²) in [6, 6.07) is 18.3. The molecule has 0 N–H and O–H groups in total. The van der Waals surface area contributed by atoms with Gasteiger partial charge in [0.1, 0.15) is 0 Å². The molecule has 0 radical (unpaired) electrons. The van der Waals surface area contributed by atoms with E-state index in [0.717, 1.165) is 49.2 Å². The fraction of sp³-hybridized carbons (Fsp3) is 0.481. The topological polar surface area (TPSA) is 46.7 Å². The zero-order valence-corrected chi connectivity index (χ0v) is 29.1. The second-order valence-corrected chi connectivity index (χ2v) is 7.75. The summed E-state index contributed by atoms with van der Waals surface area (Å²) in [4.78, 5) is 8.22. The molecular formula is C27H40I2Li2N2O2Yb. The Bertz CT molecular complexity index is 701. The SMILES string of the molecule is C1CCOC1.C1CCOC1.Cc1ccc(C)[n-]1.Cc1ccc(C)[n-]1.Cc1ccccc1.[I-].[I-].[Li+].[Li+].[Yb+2]. The first-order valence-corrected chi connectivity index (χ1v) is 11.3. The third-order valence-electron chi connectivity index (χ3n) is 4.43. The Hall–Kier alpha value is 1.87. The summed E-state index contributed by atoms with van der Waals surface area (Å²) < 4.78 is 9.89. The predicted molar refractivity (Wildman–Crippen MR) is 130 cm³/mol. The van der Waals surface area contributed by atoms with Crippen molar-refractivity contribution in [3.05, 3.63) is 82.9 Å². The van der Waals surface area contributed by atoms with Crippen LogP contribution < -0.4 is 95.6 Å². The molecule has 9 heteroatoms. The second kappa shape index (κ2) is 33.1. The van der Waals surface area contributed by atoms with Crippen molar-refractivity contribution in [3.63, 3.8) is 0 Å². The van der Waals surface area contributed by atoms with E-state index in [9.17, 15) is 0 Å². The quantitative estimate of drug-likeness (QED) is 0.167. The number of rotatable bonds is 0. The van der Waals surface area contributed by atoms with E-state index in [4.69, 9.17) is 9.47 Å². The van der Waals surface area contributed by atoms with Gasteiger partial charge in [0.05, 0.1) is 0 Å². The molecule has 2 aliphatic heterocycles. The van der Waals surface area contributed by atoms with Crippen LogP contribution in [0.3, 0.4) is 0 Å². The zero-order valence-electron chi connectivity index (χ0n) is 23.1. The molecule has 0 aliphatic carbocycles. The maximum Gasteiger partial charge on any atom is 2.00 e. The van der Waals surface area contributed by atoms with Gasteiger partial charge in [0.2, 0.25) is 0 Å². The Balaban J connectivity index is -0.000000108. The number of benzene rings is 1. The summed E-state index contributed by atoms with van der Waals surface area (Å²) in [5.74, 6) is 0. The fourth-order valence-corrected chi connectivity index (χ4v) is 2.74. The molecule has 2 aromatic heterocycles. The minimum atomic E-state index is 0. The minimum Gasteiger partial charge on any atom is -1.00 e. The third-order valence-corrected chi connectivity index (χ3v) is 4.43. The molecule has 3 aromatic rings. The van der Waals surface area contributed by atoms with Gasteiger partial charge in [0.25, 0.3) is 0 Å². The van der Waals surface area contributed by atoms with Gasteiger partial charge in [-0.15, -0.1) is 0 Å². The fourth-order valence-electron chi connectivity index (χ4n) is 2.74. The molecule has 2 saturated heterocycles. The first-order valence-electron chi connectivity index (χ1n) is 11.3. The molecule has 0 saturated carbocycles. The van der Waals surface area contributed by atoms with Crippen molar-refractivity contribution >= 4 is 0 Å². The molecule has 2 aliphatic rings. The summed E-state index contributed by atoms with van der Waals surface area (Å²) in [7, 11) is 0. The number of aromatic nitrogens is 2. The van der Waals surface area contributed by atoms with Gasteiger partial charge in [0.15, 0.2) is 0 Å². The molecule has 2 fully saturated rings. The Labute approximate surface area is 317 Å². The average molecular weight is 865 g/mol. The monoisotopic (exact) mass is 866 g/mol. The van der Waals surface area contributed by atoms with Crippen molar-refractivity contribution in [1.29, 1.82) is 0 Å². The Morgan fingerprint density at radius 3 is 0.889 bits per heavy atom. The summed E-state index contributed by atoms with van der Waals surface area (Å²) in [5.41, 5.74) is 5.76. The van der Waals surface area contributed by atoms with E-state index in [2.05, 4.69) is 29.0 Å². The van der Waals surface area contributed by atoms with Gasteiger partial charge in [0, 0.05) is 26.4 Å². The van der Waals surface area contributed by atoms with E-state index in [-0.39, 0.29) is 133 Å².